The molecule has 2 aliphatic heterocycles. The van der Waals surface area contributed by atoms with Crippen LogP contribution in [-0.2, 0) is 29.2 Å². The van der Waals surface area contributed by atoms with Crippen molar-refractivity contribution in [1.82, 2.24) is 34.1 Å². The average Bonchev–Trinajstić information content (AvgIpc) is 4.00. The Balaban J connectivity index is 1.06. The molecule has 1 amide bonds. The molecule has 6 aromatic rings. The predicted molar refractivity (Wildman–Crippen MR) is 214 cm³/mol. The van der Waals surface area contributed by atoms with E-state index in [1.165, 1.54) is 0 Å². The van der Waals surface area contributed by atoms with E-state index in [0.717, 1.165) is 71.9 Å². The van der Waals surface area contributed by atoms with Crippen molar-refractivity contribution in [2.75, 3.05) is 53.6 Å². The summed E-state index contributed by atoms with van der Waals surface area (Å²) in [6, 6.07) is 23.1. The molecule has 0 unspecified atom stereocenters. The second-order valence-corrected chi connectivity index (χ2v) is 15.2. The van der Waals surface area contributed by atoms with E-state index in [2.05, 4.69) is 49.0 Å². The maximum absolute atomic E-state index is 13.8. The molecule has 5 heterocycles. The van der Waals surface area contributed by atoms with Crippen molar-refractivity contribution >= 4 is 16.9 Å². The van der Waals surface area contributed by atoms with Crippen LogP contribution in [-0.4, -0.2) is 104 Å². The highest BCUT2D eigenvalue weighted by molar-refractivity contribution is 5.95. The molecule has 0 atom stereocenters. The van der Waals surface area contributed by atoms with Gasteiger partial charge in [0, 0.05) is 56.2 Å². The summed E-state index contributed by atoms with van der Waals surface area (Å²) in [7, 11) is 3.79. The SMILES string of the molecule is COc1ccc(COc2cccc(-n3cc(-c4cc(C(=O)/N=c5\[nH]c6ccc(CN7CCN(C)CC7)cc6n5CC(C)(C)O)ccn4)cn3)c2C2OCCO2)cc1. The molecular weight excluding hydrogens is 725 g/mol. The van der Waals surface area contributed by atoms with Gasteiger partial charge in [-0.05, 0) is 80.6 Å². The summed E-state index contributed by atoms with van der Waals surface area (Å²) in [5.41, 5.74) is 6.22. The van der Waals surface area contributed by atoms with Gasteiger partial charge in [0.05, 0.1) is 66.6 Å². The van der Waals surface area contributed by atoms with E-state index >= 15 is 0 Å². The third kappa shape index (κ3) is 8.85. The van der Waals surface area contributed by atoms with E-state index < -0.39 is 17.8 Å². The van der Waals surface area contributed by atoms with Crippen molar-refractivity contribution in [3.05, 3.63) is 119 Å². The van der Waals surface area contributed by atoms with Crippen LogP contribution in [0, 0.1) is 0 Å². The first-order chi connectivity index (χ1) is 27.6. The largest absolute Gasteiger partial charge is 0.497 e. The Morgan fingerprint density at radius 3 is 2.53 bits per heavy atom. The summed E-state index contributed by atoms with van der Waals surface area (Å²) in [6.07, 6.45) is 4.51. The van der Waals surface area contributed by atoms with Gasteiger partial charge in [-0.1, -0.05) is 24.3 Å². The summed E-state index contributed by atoms with van der Waals surface area (Å²) in [5.74, 6) is 0.946. The molecule has 2 fully saturated rings. The van der Waals surface area contributed by atoms with E-state index in [-0.39, 0.29) is 6.54 Å². The fourth-order valence-corrected chi connectivity index (χ4v) is 7.18. The van der Waals surface area contributed by atoms with Crippen LogP contribution < -0.4 is 15.1 Å². The number of aromatic amines is 1. The molecule has 3 aromatic carbocycles. The number of aromatic nitrogens is 5. The van der Waals surface area contributed by atoms with Gasteiger partial charge < -0.3 is 38.5 Å². The molecule has 3 aromatic heterocycles. The Kier molecular flexibility index (Phi) is 11.0. The fourth-order valence-electron chi connectivity index (χ4n) is 7.18. The van der Waals surface area contributed by atoms with E-state index in [9.17, 15) is 9.90 Å². The molecule has 296 valence electrons. The number of carbonyl (C=O) groups is 1. The number of methoxy groups -OCH3 is 1. The molecule has 14 nitrogen and oxygen atoms in total. The van der Waals surface area contributed by atoms with Gasteiger partial charge in [-0.2, -0.15) is 10.1 Å². The average molecular weight is 773 g/mol. The van der Waals surface area contributed by atoms with Crippen LogP contribution in [0.25, 0.3) is 28.0 Å². The van der Waals surface area contributed by atoms with Crippen molar-refractivity contribution < 1.29 is 28.8 Å². The number of hydrogen-bond donors (Lipinski definition) is 2. The number of amides is 1. The number of likely N-dealkylation sites (N-methyl/N-ethyl adjacent to an activating group) is 1. The number of aliphatic hydroxyl groups is 1. The van der Waals surface area contributed by atoms with Crippen LogP contribution in [0.3, 0.4) is 0 Å². The van der Waals surface area contributed by atoms with Gasteiger partial charge in [0.2, 0.25) is 5.62 Å². The number of rotatable bonds is 12. The van der Waals surface area contributed by atoms with Gasteiger partial charge in [-0.3, -0.25) is 14.7 Å². The third-order valence-corrected chi connectivity index (χ3v) is 10.2. The smallest absolute Gasteiger partial charge is 0.280 e. The molecule has 2 N–H and O–H groups in total. The van der Waals surface area contributed by atoms with Crippen molar-refractivity contribution in [3.8, 4) is 28.4 Å². The molecule has 14 heteroatoms. The first-order valence-electron chi connectivity index (χ1n) is 19.2. The van der Waals surface area contributed by atoms with Gasteiger partial charge in [0.25, 0.3) is 5.91 Å². The van der Waals surface area contributed by atoms with E-state index in [1.54, 1.807) is 50.2 Å². The molecule has 0 radical (unpaired) electrons. The highest BCUT2D eigenvalue weighted by Gasteiger charge is 2.27. The number of H-pyrrole nitrogens is 1. The number of pyridine rings is 1. The first kappa shape index (κ1) is 38.2. The second-order valence-electron chi connectivity index (χ2n) is 15.2. The van der Waals surface area contributed by atoms with E-state index in [0.29, 0.717) is 48.0 Å². The molecular formula is C43H48N8O6. The van der Waals surface area contributed by atoms with Gasteiger partial charge in [0.15, 0.2) is 6.29 Å². The number of carbonyl (C=O) groups excluding carboxylic acids is 1. The Bertz CT molecular complexity index is 2410. The quantitative estimate of drug-likeness (QED) is 0.172. The minimum absolute atomic E-state index is 0.241. The van der Waals surface area contributed by atoms with Gasteiger partial charge in [-0.25, -0.2) is 4.68 Å². The number of imidazole rings is 1. The molecule has 8 rings (SSSR count). The Morgan fingerprint density at radius 2 is 1.77 bits per heavy atom. The van der Waals surface area contributed by atoms with Crippen molar-refractivity contribution in [1.29, 1.82) is 0 Å². The maximum atomic E-state index is 13.8. The molecule has 0 spiro atoms. The standard InChI is InChI=1S/C43H48N8O6/c1-43(2,53)28-50-37-22-30(25-49-18-16-48(3)17-19-49)10-13-34(37)46-42(50)47-40(52)31-14-15-44-35(23-31)32-24-45-51(26-32)36-6-5-7-38(39(36)41-55-20-21-56-41)57-27-29-8-11-33(54-4)12-9-29/h5-15,22-24,26,41,53H,16-21,25,27-28H2,1-4H3,(H,46,47,52). The normalized spacial score (nSPS) is 16.1. The van der Waals surface area contributed by atoms with Crippen molar-refractivity contribution in [3.63, 3.8) is 0 Å². The van der Waals surface area contributed by atoms with Crippen LogP contribution in [0.15, 0.2) is 96.4 Å². The highest BCUT2D eigenvalue weighted by Crippen LogP contribution is 2.37. The van der Waals surface area contributed by atoms with E-state index in [1.807, 2.05) is 59.3 Å². The molecule has 0 bridgehead atoms. The molecule has 57 heavy (non-hydrogen) atoms. The zero-order valence-electron chi connectivity index (χ0n) is 32.7. The lowest BCUT2D eigenvalue weighted by Gasteiger charge is -2.32. The van der Waals surface area contributed by atoms with Crippen molar-refractivity contribution in [2.45, 2.75) is 45.4 Å². The van der Waals surface area contributed by atoms with Gasteiger partial charge in [0.1, 0.15) is 18.1 Å². The number of hydrogen-bond acceptors (Lipinski definition) is 10. The maximum Gasteiger partial charge on any atom is 0.280 e. The van der Waals surface area contributed by atoms with Gasteiger partial charge in [-0.15, -0.1) is 0 Å². The van der Waals surface area contributed by atoms with E-state index in [4.69, 9.17) is 18.9 Å². The summed E-state index contributed by atoms with van der Waals surface area (Å²) >= 11 is 0. The lowest BCUT2D eigenvalue weighted by atomic mass is 10.1. The summed E-state index contributed by atoms with van der Waals surface area (Å²) in [6.45, 7) is 9.92. The Hall–Kier alpha value is -5.64. The van der Waals surface area contributed by atoms with Crippen LogP contribution in [0.4, 0.5) is 0 Å². The Labute approximate surface area is 330 Å². The lowest BCUT2D eigenvalue weighted by molar-refractivity contribution is -0.0459. The lowest BCUT2D eigenvalue weighted by Crippen LogP contribution is -2.43. The highest BCUT2D eigenvalue weighted by atomic mass is 16.7. The summed E-state index contributed by atoms with van der Waals surface area (Å²) in [4.78, 5) is 31.1. The minimum Gasteiger partial charge on any atom is -0.497 e. The van der Waals surface area contributed by atoms with Crippen LogP contribution in [0.2, 0.25) is 0 Å². The van der Waals surface area contributed by atoms with Crippen LogP contribution in [0.1, 0.15) is 47.2 Å². The monoisotopic (exact) mass is 772 g/mol. The summed E-state index contributed by atoms with van der Waals surface area (Å²) < 4.78 is 27.2. The zero-order valence-corrected chi connectivity index (χ0v) is 32.7. The number of benzene rings is 3. The predicted octanol–water partition coefficient (Wildman–Crippen LogP) is 5.11. The number of nitrogens with one attached hydrogen (secondary N) is 1. The topological polar surface area (TPSA) is 144 Å². The molecule has 2 aliphatic rings. The van der Waals surface area contributed by atoms with Crippen molar-refractivity contribution in [2.24, 2.45) is 4.99 Å². The van der Waals surface area contributed by atoms with Crippen LogP contribution in [0.5, 0.6) is 11.5 Å². The second kappa shape index (κ2) is 16.5. The van der Waals surface area contributed by atoms with Gasteiger partial charge >= 0.3 is 0 Å². The minimum atomic E-state index is -1.05. The fraction of sp³-hybridized carbons (Fsp3) is 0.349. The third-order valence-electron chi connectivity index (χ3n) is 10.2. The molecule has 2 saturated heterocycles. The number of piperazine rings is 1. The first-order valence-corrected chi connectivity index (χ1v) is 19.2. The van der Waals surface area contributed by atoms with Crippen LogP contribution >= 0.6 is 0 Å². The number of fused-ring (bicyclic) bond motifs is 1. The number of ether oxygens (including phenoxy) is 4. The number of nitrogens with zero attached hydrogens (tertiary/aromatic N) is 7. The molecule has 0 aliphatic carbocycles. The zero-order chi connectivity index (χ0) is 39.5. The Morgan fingerprint density at radius 1 is 1.00 bits per heavy atom. The molecule has 0 saturated carbocycles. The summed E-state index contributed by atoms with van der Waals surface area (Å²) in [5, 5.41) is 15.6.